The number of pyridine rings is 1. The molecule has 1 rings (SSSR count). The van der Waals surface area contributed by atoms with E-state index in [2.05, 4.69) is 15.5 Å². The predicted octanol–water partition coefficient (Wildman–Crippen LogP) is 1.71. The predicted molar refractivity (Wildman–Crippen MR) is 60.5 cm³/mol. The minimum Gasteiger partial charge on any atom is -0.289 e. The molecule has 1 aromatic heterocycles. The van der Waals surface area contributed by atoms with Crippen LogP contribution in [-0.2, 0) is 4.79 Å². The van der Waals surface area contributed by atoms with Gasteiger partial charge in [-0.25, -0.2) is 5.43 Å². The van der Waals surface area contributed by atoms with E-state index in [-0.39, 0.29) is 11.3 Å². The van der Waals surface area contributed by atoms with E-state index in [1.165, 1.54) is 31.5 Å². The van der Waals surface area contributed by atoms with Crippen LogP contribution in [0, 0.1) is 0 Å². The molecule has 0 radical (unpaired) electrons. The minimum absolute atomic E-state index is 0.135. The number of hydrogen-bond acceptors (Lipinski definition) is 4. The number of halogens is 3. The van der Waals surface area contributed by atoms with Crippen LogP contribution < -0.4 is 5.43 Å². The van der Waals surface area contributed by atoms with E-state index in [0.29, 0.717) is 0 Å². The number of amides is 1. The van der Waals surface area contributed by atoms with Crippen molar-refractivity contribution in [2.75, 3.05) is 0 Å². The van der Waals surface area contributed by atoms with Crippen LogP contribution in [0.15, 0.2) is 29.6 Å². The molecule has 0 unspecified atom stereocenters. The van der Waals surface area contributed by atoms with Crippen LogP contribution in [0.1, 0.15) is 23.7 Å². The lowest BCUT2D eigenvalue weighted by atomic mass is 10.2. The first-order chi connectivity index (χ1) is 8.80. The van der Waals surface area contributed by atoms with Crippen molar-refractivity contribution in [3.05, 3.63) is 30.1 Å². The summed E-state index contributed by atoms with van der Waals surface area (Å²) in [5.74, 6) is -2.51. The Morgan fingerprint density at radius 3 is 2.42 bits per heavy atom. The van der Waals surface area contributed by atoms with Crippen LogP contribution in [-0.4, -0.2) is 28.6 Å². The molecule has 0 fully saturated rings. The first kappa shape index (κ1) is 14.8. The summed E-state index contributed by atoms with van der Waals surface area (Å²) in [6.07, 6.45) is -3.01. The number of hydrogen-bond donors (Lipinski definition) is 1. The summed E-state index contributed by atoms with van der Waals surface area (Å²) in [5, 5.41) is 3.43. The number of Topliss-reactive ketones (excluding diaryl/α,β-unsaturated/α-hetero) is 1. The fourth-order valence-electron chi connectivity index (χ4n) is 1.09. The van der Waals surface area contributed by atoms with Crippen molar-refractivity contribution in [2.45, 2.75) is 19.5 Å². The number of ketones is 1. The molecule has 0 saturated carbocycles. The van der Waals surface area contributed by atoms with Gasteiger partial charge in [0.05, 0.1) is 6.42 Å². The molecule has 1 amide bonds. The highest BCUT2D eigenvalue weighted by Crippen LogP contribution is 2.17. The topological polar surface area (TPSA) is 71.4 Å². The number of rotatable bonds is 4. The van der Waals surface area contributed by atoms with E-state index < -0.39 is 24.3 Å². The Hall–Kier alpha value is -2.25. The monoisotopic (exact) mass is 273 g/mol. The van der Waals surface area contributed by atoms with Gasteiger partial charge in [0.1, 0.15) is 0 Å². The summed E-state index contributed by atoms with van der Waals surface area (Å²) in [5.41, 5.74) is 2.18. The van der Waals surface area contributed by atoms with Gasteiger partial charge in [0.2, 0.25) is 5.78 Å². The van der Waals surface area contributed by atoms with Gasteiger partial charge in [-0.05, 0) is 19.1 Å². The lowest BCUT2D eigenvalue weighted by Crippen LogP contribution is -2.26. The van der Waals surface area contributed by atoms with Crippen LogP contribution in [0.2, 0.25) is 0 Å². The third-order valence-electron chi connectivity index (χ3n) is 2.02. The van der Waals surface area contributed by atoms with E-state index in [1.54, 1.807) is 0 Å². The Balaban J connectivity index is 2.58. The number of carbonyl (C=O) groups excluding carboxylic acids is 2. The molecule has 0 aromatic carbocycles. The van der Waals surface area contributed by atoms with Crippen LogP contribution in [0.3, 0.4) is 0 Å². The highest BCUT2D eigenvalue weighted by atomic mass is 19.4. The second-order valence-electron chi connectivity index (χ2n) is 3.62. The smallest absolute Gasteiger partial charge is 0.289 e. The van der Waals surface area contributed by atoms with Gasteiger partial charge in [0.25, 0.3) is 5.91 Å². The standard InChI is InChI=1S/C11H10F3N3O2/c1-7(6-9(18)11(12,13)14)16-17-10(19)8-2-4-15-5-3-8/h2-5H,6H2,1H3,(H,17,19)/b16-7-. The van der Waals surface area contributed by atoms with Gasteiger partial charge < -0.3 is 0 Å². The fraction of sp³-hybridized carbons (Fsp3) is 0.273. The maximum atomic E-state index is 12.0. The molecule has 0 aliphatic rings. The summed E-state index contributed by atoms with van der Waals surface area (Å²) in [7, 11) is 0. The molecular formula is C11H10F3N3O2. The highest BCUT2D eigenvalue weighted by Gasteiger charge is 2.37. The summed E-state index contributed by atoms with van der Waals surface area (Å²) >= 11 is 0. The van der Waals surface area contributed by atoms with Crippen LogP contribution in [0.5, 0.6) is 0 Å². The average Bonchev–Trinajstić information content (AvgIpc) is 2.35. The van der Waals surface area contributed by atoms with Crippen molar-refractivity contribution >= 4 is 17.4 Å². The molecule has 0 aliphatic heterocycles. The molecule has 0 bridgehead atoms. The van der Waals surface area contributed by atoms with Crippen molar-refractivity contribution in [1.82, 2.24) is 10.4 Å². The first-order valence-electron chi connectivity index (χ1n) is 5.14. The molecule has 0 spiro atoms. The van der Waals surface area contributed by atoms with Crippen molar-refractivity contribution in [3.63, 3.8) is 0 Å². The molecule has 1 N–H and O–H groups in total. The van der Waals surface area contributed by atoms with Crippen LogP contribution >= 0.6 is 0 Å². The Morgan fingerprint density at radius 1 is 1.32 bits per heavy atom. The molecular weight excluding hydrogens is 263 g/mol. The Bertz CT molecular complexity index is 498. The van der Waals surface area contributed by atoms with Crippen LogP contribution in [0.25, 0.3) is 0 Å². The molecule has 102 valence electrons. The minimum atomic E-state index is -4.90. The van der Waals surface area contributed by atoms with Crippen molar-refractivity contribution in [2.24, 2.45) is 5.10 Å². The maximum Gasteiger partial charge on any atom is 0.450 e. The van der Waals surface area contributed by atoms with Gasteiger partial charge >= 0.3 is 6.18 Å². The Labute approximate surface area is 106 Å². The Morgan fingerprint density at radius 2 is 1.89 bits per heavy atom. The molecule has 19 heavy (non-hydrogen) atoms. The van der Waals surface area contributed by atoms with E-state index in [9.17, 15) is 22.8 Å². The quantitative estimate of drug-likeness (QED) is 0.670. The molecule has 0 aliphatic carbocycles. The van der Waals surface area contributed by atoms with Gasteiger partial charge in [-0.15, -0.1) is 0 Å². The number of alkyl halides is 3. The lowest BCUT2D eigenvalue weighted by molar-refractivity contribution is -0.169. The van der Waals surface area contributed by atoms with E-state index >= 15 is 0 Å². The SMILES string of the molecule is C/C(CC(=O)C(F)(F)F)=N/NC(=O)c1ccncc1. The average molecular weight is 273 g/mol. The number of hydrazone groups is 1. The molecule has 5 nitrogen and oxygen atoms in total. The number of aromatic nitrogens is 1. The Kier molecular flexibility index (Phi) is 4.74. The first-order valence-corrected chi connectivity index (χ1v) is 5.14. The van der Waals surface area contributed by atoms with E-state index in [1.807, 2.05) is 0 Å². The normalized spacial score (nSPS) is 12.1. The number of nitrogens with zero attached hydrogens (tertiary/aromatic N) is 2. The summed E-state index contributed by atoms with van der Waals surface area (Å²) in [6, 6.07) is 2.84. The van der Waals surface area contributed by atoms with Crippen molar-refractivity contribution in [3.8, 4) is 0 Å². The van der Waals surface area contributed by atoms with E-state index in [4.69, 9.17) is 0 Å². The zero-order chi connectivity index (χ0) is 14.5. The van der Waals surface area contributed by atoms with Gasteiger partial charge in [-0.1, -0.05) is 0 Å². The second kappa shape index (κ2) is 6.07. The van der Waals surface area contributed by atoms with Crippen molar-refractivity contribution in [1.29, 1.82) is 0 Å². The molecule has 0 atom stereocenters. The molecule has 8 heteroatoms. The second-order valence-corrected chi connectivity index (χ2v) is 3.62. The summed E-state index contributed by atoms with van der Waals surface area (Å²) in [6.45, 7) is 1.22. The number of nitrogens with one attached hydrogen (secondary N) is 1. The molecule has 0 saturated heterocycles. The third kappa shape index (κ3) is 4.86. The summed E-state index contributed by atoms with van der Waals surface area (Å²) < 4.78 is 35.9. The fourth-order valence-corrected chi connectivity index (χ4v) is 1.09. The van der Waals surface area contributed by atoms with Crippen LogP contribution in [0.4, 0.5) is 13.2 Å². The zero-order valence-corrected chi connectivity index (χ0v) is 9.86. The van der Waals surface area contributed by atoms with Gasteiger partial charge in [-0.3, -0.25) is 14.6 Å². The molecule has 1 aromatic rings. The molecule has 1 heterocycles. The largest absolute Gasteiger partial charge is 0.450 e. The number of carbonyl (C=O) groups is 2. The van der Waals surface area contributed by atoms with Gasteiger partial charge in [0, 0.05) is 23.7 Å². The maximum absolute atomic E-state index is 12.0. The lowest BCUT2D eigenvalue weighted by Gasteiger charge is -2.05. The summed E-state index contributed by atoms with van der Waals surface area (Å²) in [4.78, 5) is 25.8. The third-order valence-corrected chi connectivity index (χ3v) is 2.02. The van der Waals surface area contributed by atoms with Crippen molar-refractivity contribution < 1.29 is 22.8 Å². The highest BCUT2D eigenvalue weighted by molar-refractivity contribution is 6.03. The van der Waals surface area contributed by atoms with E-state index in [0.717, 1.165) is 0 Å². The van der Waals surface area contributed by atoms with Gasteiger partial charge in [0.15, 0.2) is 0 Å². The van der Waals surface area contributed by atoms with Gasteiger partial charge in [-0.2, -0.15) is 18.3 Å². The zero-order valence-electron chi connectivity index (χ0n) is 9.86.